The lowest BCUT2D eigenvalue weighted by molar-refractivity contribution is 0.0954. The van der Waals surface area contributed by atoms with E-state index in [0.29, 0.717) is 17.0 Å². The van der Waals surface area contributed by atoms with Crippen LogP contribution in [0.4, 0.5) is 0 Å². The molecular formula is C8H10N6OS. The standard InChI is InChI=1S/C8H10N6OS/c1-3-5(8(15)10-9)6(13-11-3)7-4(2)12-14-16-7/h9H2,1-2H3,(H,10,15)(H,11,13). The van der Waals surface area contributed by atoms with Gasteiger partial charge >= 0.3 is 0 Å². The number of amides is 1. The van der Waals surface area contributed by atoms with Crippen molar-refractivity contribution in [2.24, 2.45) is 5.84 Å². The summed E-state index contributed by atoms with van der Waals surface area (Å²) < 4.78 is 3.81. The van der Waals surface area contributed by atoms with Gasteiger partial charge in [0.1, 0.15) is 5.69 Å². The second kappa shape index (κ2) is 3.99. The molecule has 0 unspecified atom stereocenters. The van der Waals surface area contributed by atoms with Crippen LogP contribution >= 0.6 is 11.5 Å². The van der Waals surface area contributed by atoms with Crippen molar-refractivity contribution in [3.05, 3.63) is 17.0 Å². The quantitative estimate of drug-likeness (QED) is 0.392. The van der Waals surface area contributed by atoms with Gasteiger partial charge in [0.15, 0.2) is 0 Å². The van der Waals surface area contributed by atoms with Gasteiger partial charge in [-0.2, -0.15) is 5.10 Å². The van der Waals surface area contributed by atoms with Gasteiger partial charge in [0.25, 0.3) is 5.91 Å². The number of hydrogen-bond acceptors (Lipinski definition) is 6. The molecular weight excluding hydrogens is 228 g/mol. The second-order valence-corrected chi connectivity index (χ2v) is 3.99. The van der Waals surface area contributed by atoms with Gasteiger partial charge in [-0.05, 0) is 25.4 Å². The number of aryl methyl sites for hydroxylation is 2. The maximum absolute atomic E-state index is 11.6. The van der Waals surface area contributed by atoms with Gasteiger partial charge in [0, 0.05) is 5.69 Å². The summed E-state index contributed by atoms with van der Waals surface area (Å²) in [4.78, 5) is 12.4. The molecule has 0 saturated carbocycles. The monoisotopic (exact) mass is 238 g/mol. The molecule has 0 saturated heterocycles. The SMILES string of the molecule is Cc1nnsc1-c1n[nH]c(C)c1C(=O)NN. The van der Waals surface area contributed by atoms with Crippen LogP contribution in [0.2, 0.25) is 0 Å². The van der Waals surface area contributed by atoms with E-state index in [1.165, 1.54) is 11.5 Å². The highest BCUT2D eigenvalue weighted by Gasteiger charge is 2.21. The van der Waals surface area contributed by atoms with Crippen molar-refractivity contribution < 1.29 is 4.79 Å². The van der Waals surface area contributed by atoms with E-state index in [4.69, 9.17) is 5.84 Å². The van der Waals surface area contributed by atoms with Crippen LogP contribution in [0.1, 0.15) is 21.7 Å². The number of aromatic amines is 1. The molecule has 0 bridgehead atoms. The molecule has 0 spiro atoms. The first-order valence-electron chi connectivity index (χ1n) is 4.50. The van der Waals surface area contributed by atoms with E-state index in [1.54, 1.807) is 6.92 Å². The van der Waals surface area contributed by atoms with Crippen molar-refractivity contribution in [3.8, 4) is 10.6 Å². The summed E-state index contributed by atoms with van der Waals surface area (Å²) >= 11 is 1.19. The molecule has 84 valence electrons. The zero-order valence-electron chi connectivity index (χ0n) is 8.74. The predicted molar refractivity (Wildman–Crippen MR) is 58.6 cm³/mol. The van der Waals surface area contributed by atoms with Gasteiger partial charge in [-0.25, -0.2) is 5.84 Å². The maximum atomic E-state index is 11.6. The Morgan fingerprint density at radius 1 is 1.50 bits per heavy atom. The smallest absolute Gasteiger partial charge is 0.269 e. The molecule has 2 aromatic heterocycles. The zero-order valence-corrected chi connectivity index (χ0v) is 9.55. The Morgan fingerprint density at radius 3 is 2.81 bits per heavy atom. The van der Waals surface area contributed by atoms with Crippen LogP contribution in [0.15, 0.2) is 0 Å². The van der Waals surface area contributed by atoms with Gasteiger partial charge in [-0.3, -0.25) is 15.3 Å². The average Bonchev–Trinajstić information content (AvgIpc) is 2.83. The second-order valence-electron chi connectivity index (χ2n) is 3.23. The minimum Gasteiger partial charge on any atom is -0.290 e. The summed E-state index contributed by atoms with van der Waals surface area (Å²) in [6.45, 7) is 3.57. The fraction of sp³-hybridized carbons (Fsp3) is 0.250. The number of nitrogens with two attached hydrogens (primary N) is 1. The van der Waals surface area contributed by atoms with E-state index < -0.39 is 0 Å². The number of H-pyrrole nitrogens is 1. The van der Waals surface area contributed by atoms with Crippen molar-refractivity contribution in [1.82, 2.24) is 25.2 Å². The number of nitrogen functional groups attached to an aromatic ring is 1. The van der Waals surface area contributed by atoms with Gasteiger partial charge < -0.3 is 0 Å². The fourth-order valence-corrected chi connectivity index (χ4v) is 2.04. The lowest BCUT2D eigenvalue weighted by Crippen LogP contribution is -2.30. The molecule has 0 aliphatic carbocycles. The van der Waals surface area contributed by atoms with Gasteiger partial charge in [0.2, 0.25) is 0 Å². The van der Waals surface area contributed by atoms with E-state index in [9.17, 15) is 4.79 Å². The molecule has 0 aromatic carbocycles. The van der Waals surface area contributed by atoms with Gasteiger partial charge in [-0.1, -0.05) is 4.49 Å². The van der Waals surface area contributed by atoms with E-state index >= 15 is 0 Å². The Morgan fingerprint density at radius 2 is 2.25 bits per heavy atom. The van der Waals surface area contributed by atoms with Crippen molar-refractivity contribution >= 4 is 17.4 Å². The molecule has 1 amide bonds. The Labute approximate surface area is 95.2 Å². The molecule has 2 aromatic rings. The predicted octanol–water partition coefficient (Wildman–Crippen LogP) is 0.149. The van der Waals surface area contributed by atoms with Crippen molar-refractivity contribution in [1.29, 1.82) is 0 Å². The highest BCUT2D eigenvalue weighted by Crippen LogP contribution is 2.28. The van der Waals surface area contributed by atoms with Crippen LogP contribution in [0.3, 0.4) is 0 Å². The lowest BCUT2D eigenvalue weighted by atomic mass is 10.1. The summed E-state index contributed by atoms with van der Waals surface area (Å²) in [5, 5.41) is 10.7. The lowest BCUT2D eigenvalue weighted by Gasteiger charge is -2.00. The number of hydrogen-bond donors (Lipinski definition) is 3. The molecule has 0 atom stereocenters. The van der Waals surface area contributed by atoms with Crippen LogP contribution in [0, 0.1) is 13.8 Å². The highest BCUT2D eigenvalue weighted by molar-refractivity contribution is 7.09. The molecule has 0 radical (unpaired) electrons. The van der Waals surface area contributed by atoms with Crippen LogP contribution in [0.25, 0.3) is 10.6 Å². The summed E-state index contributed by atoms with van der Waals surface area (Å²) in [6, 6.07) is 0. The molecule has 4 N–H and O–H groups in total. The molecule has 0 fully saturated rings. The Balaban J connectivity index is 2.59. The Hall–Kier alpha value is -1.80. The van der Waals surface area contributed by atoms with Crippen LogP contribution < -0.4 is 11.3 Å². The van der Waals surface area contributed by atoms with Crippen LogP contribution in [-0.2, 0) is 0 Å². The molecule has 0 aliphatic rings. The summed E-state index contributed by atoms with van der Waals surface area (Å²) in [7, 11) is 0. The Bertz CT molecular complexity index is 530. The van der Waals surface area contributed by atoms with E-state index in [-0.39, 0.29) is 5.91 Å². The summed E-state index contributed by atoms with van der Waals surface area (Å²) in [5.74, 6) is 4.74. The minimum atomic E-state index is -0.381. The number of aromatic nitrogens is 4. The number of nitrogens with zero attached hydrogens (tertiary/aromatic N) is 3. The third-order valence-electron chi connectivity index (χ3n) is 2.17. The largest absolute Gasteiger partial charge is 0.290 e. The topological polar surface area (TPSA) is 110 Å². The van der Waals surface area contributed by atoms with Crippen LogP contribution in [0.5, 0.6) is 0 Å². The first-order valence-corrected chi connectivity index (χ1v) is 5.27. The van der Waals surface area contributed by atoms with Crippen molar-refractivity contribution in [2.45, 2.75) is 13.8 Å². The number of carbonyl (C=O) groups excluding carboxylic acids is 1. The molecule has 8 heteroatoms. The first kappa shape index (κ1) is 10.7. The molecule has 2 rings (SSSR count). The molecule has 0 aliphatic heterocycles. The maximum Gasteiger partial charge on any atom is 0.269 e. The Kier molecular flexibility index (Phi) is 2.67. The molecule has 16 heavy (non-hydrogen) atoms. The average molecular weight is 238 g/mol. The van der Waals surface area contributed by atoms with Crippen molar-refractivity contribution in [3.63, 3.8) is 0 Å². The van der Waals surface area contributed by atoms with Crippen LogP contribution in [-0.4, -0.2) is 25.7 Å². The summed E-state index contributed by atoms with van der Waals surface area (Å²) in [5.41, 5.74) is 4.45. The fourth-order valence-electron chi connectivity index (χ4n) is 1.39. The zero-order chi connectivity index (χ0) is 11.7. The number of carbonyl (C=O) groups is 1. The van der Waals surface area contributed by atoms with Crippen molar-refractivity contribution in [2.75, 3.05) is 0 Å². The van der Waals surface area contributed by atoms with E-state index in [0.717, 1.165) is 10.6 Å². The van der Waals surface area contributed by atoms with E-state index in [1.807, 2.05) is 6.92 Å². The third-order valence-corrected chi connectivity index (χ3v) is 3.01. The first-order chi connectivity index (χ1) is 7.65. The number of nitrogens with one attached hydrogen (secondary N) is 2. The number of hydrazine groups is 1. The van der Waals surface area contributed by atoms with Gasteiger partial charge in [-0.15, -0.1) is 5.10 Å². The number of rotatable bonds is 2. The highest BCUT2D eigenvalue weighted by atomic mass is 32.1. The normalized spacial score (nSPS) is 10.4. The third kappa shape index (κ3) is 1.57. The molecule has 2 heterocycles. The van der Waals surface area contributed by atoms with E-state index in [2.05, 4.69) is 25.2 Å². The van der Waals surface area contributed by atoms with Gasteiger partial charge in [0.05, 0.1) is 16.1 Å². The molecule has 7 nitrogen and oxygen atoms in total. The minimum absolute atomic E-state index is 0.381. The summed E-state index contributed by atoms with van der Waals surface area (Å²) in [6.07, 6.45) is 0.